The summed E-state index contributed by atoms with van der Waals surface area (Å²) in [4.78, 5) is 23.5. The molecule has 118 valence electrons. The van der Waals surface area contributed by atoms with Gasteiger partial charge in [-0.3, -0.25) is 0 Å². The van der Waals surface area contributed by atoms with Crippen LogP contribution in [0.3, 0.4) is 0 Å². The molecule has 1 aromatic rings. The van der Waals surface area contributed by atoms with Gasteiger partial charge in [-0.15, -0.1) is 11.8 Å². The Morgan fingerprint density at radius 1 is 1.30 bits per heavy atom. The van der Waals surface area contributed by atoms with E-state index < -0.39 is 5.97 Å². The van der Waals surface area contributed by atoms with E-state index in [1.807, 2.05) is 11.8 Å². The highest BCUT2D eigenvalue weighted by Gasteiger charge is 2.28. The van der Waals surface area contributed by atoms with Gasteiger partial charge in [-0.1, -0.05) is 26.0 Å². The number of carboxylic acids is 1. The van der Waals surface area contributed by atoms with Crippen LogP contribution in [0.2, 0.25) is 0 Å². The first-order chi connectivity index (χ1) is 10.9. The summed E-state index contributed by atoms with van der Waals surface area (Å²) < 4.78 is 0. The van der Waals surface area contributed by atoms with Gasteiger partial charge in [-0.05, 0) is 52.5 Å². The highest BCUT2D eigenvalue weighted by atomic mass is 32.2. The van der Waals surface area contributed by atoms with Crippen molar-refractivity contribution in [3.8, 4) is 0 Å². The van der Waals surface area contributed by atoms with Crippen molar-refractivity contribution in [1.82, 2.24) is 0 Å². The molecule has 0 amide bonds. The number of carbonyl (C=O) groups is 1. The number of fused-ring (bicyclic) bond motifs is 1. The Kier molecular flexibility index (Phi) is 4.05. The van der Waals surface area contributed by atoms with Crippen molar-refractivity contribution in [3.05, 3.63) is 52.6 Å². The first-order valence-electron chi connectivity index (χ1n) is 7.58. The predicted octanol–water partition coefficient (Wildman–Crippen LogP) is 4.02. The van der Waals surface area contributed by atoms with E-state index in [4.69, 9.17) is 5.11 Å². The van der Waals surface area contributed by atoms with E-state index in [1.54, 1.807) is 12.0 Å². The normalized spacial score (nSPS) is 19.3. The molecule has 0 saturated heterocycles. The molecule has 1 aliphatic carbocycles. The van der Waals surface area contributed by atoms with E-state index in [9.17, 15) is 9.59 Å². The molecule has 1 heterocycles. The van der Waals surface area contributed by atoms with Gasteiger partial charge in [-0.2, -0.15) is 0 Å². The van der Waals surface area contributed by atoms with E-state index >= 15 is 0 Å². The smallest absolute Gasteiger partial charge is 0.336 e. The van der Waals surface area contributed by atoms with Gasteiger partial charge in [0, 0.05) is 11.3 Å². The minimum Gasteiger partial charge on any atom is -0.478 e. The summed E-state index contributed by atoms with van der Waals surface area (Å²) in [6, 6.07) is 6.38. The van der Waals surface area contributed by atoms with Gasteiger partial charge >= 0.3 is 5.97 Å². The lowest BCUT2D eigenvalue weighted by Crippen LogP contribution is -2.22. The van der Waals surface area contributed by atoms with Crippen molar-refractivity contribution >= 4 is 29.2 Å². The Balaban J connectivity index is 2.04. The maximum atomic E-state index is 11.1. The van der Waals surface area contributed by atoms with Crippen LogP contribution < -0.4 is 0 Å². The first-order valence-corrected chi connectivity index (χ1v) is 8.57. The van der Waals surface area contributed by atoms with Crippen molar-refractivity contribution in [1.29, 1.82) is 0 Å². The first kappa shape index (κ1) is 15.9. The second kappa shape index (κ2) is 5.88. The fraction of sp³-hybridized carbons (Fsp3) is 0.316. The largest absolute Gasteiger partial charge is 0.478 e. The van der Waals surface area contributed by atoms with Crippen LogP contribution >= 0.6 is 11.8 Å². The Morgan fingerprint density at radius 2 is 2.09 bits per heavy atom. The molecule has 2 aliphatic rings. The molecule has 0 spiro atoms. The Hall–Kier alpha value is -2.03. The molecule has 0 atom stereocenters. The summed E-state index contributed by atoms with van der Waals surface area (Å²) >= 11 is 1.88. The van der Waals surface area contributed by atoms with Crippen LogP contribution in [-0.2, 0) is 15.0 Å². The quantitative estimate of drug-likeness (QED) is 0.834. The molecule has 4 heteroatoms. The van der Waals surface area contributed by atoms with Crippen molar-refractivity contribution in [2.24, 2.45) is 0 Å². The second-order valence-electron chi connectivity index (χ2n) is 6.53. The molecule has 1 aromatic carbocycles. The van der Waals surface area contributed by atoms with Gasteiger partial charge in [0.25, 0.3) is 0 Å². The third kappa shape index (κ3) is 2.92. The molecule has 3 rings (SSSR count). The molecule has 1 N–H and O–H groups in total. The molecular formula is C19H18O3S. The Morgan fingerprint density at radius 3 is 2.78 bits per heavy atom. The number of hydrogen-bond donors (Lipinski definition) is 1. The van der Waals surface area contributed by atoms with Crippen molar-refractivity contribution < 1.29 is 14.7 Å². The van der Waals surface area contributed by atoms with Crippen LogP contribution in [-0.4, -0.2) is 22.8 Å². The van der Waals surface area contributed by atoms with Crippen LogP contribution in [0.1, 0.15) is 37.8 Å². The highest BCUT2D eigenvalue weighted by molar-refractivity contribution is 7.99. The fourth-order valence-electron chi connectivity index (χ4n) is 3.05. The van der Waals surface area contributed by atoms with E-state index in [0.717, 1.165) is 23.3 Å². The molecule has 0 unspecified atom stereocenters. The molecule has 0 fully saturated rings. The fourth-order valence-corrected chi connectivity index (χ4v) is 4.54. The number of benzene rings is 1. The van der Waals surface area contributed by atoms with Gasteiger partial charge in [-0.25, -0.2) is 9.59 Å². The third-order valence-electron chi connectivity index (χ3n) is 4.56. The molecule has 1 aliphatic heterocycles. The standard InChI is InChI=1S/C19H18O3S/c1-19(2)7-8-23-17-6-4-13(10-16(17)19)12-3-5-15(18(21)22)14(9-12)11-20/h3-6,10H,7-9H2,1-2H3,(H,21,22). The summed E-state index contributed by atoms with van der Waals surface area (Å²) in [5.74, 6) is 1.83. The second-order valence-corrected chi connectivity index (χ2v) is 7.66. The Labute approximate surface area is 139 Å². The minimum atomic E-state index is -1.08. The molecule has 3 nitrogen and oxygen atoms in total. The molecule has 0 bridgehead atoms. The van der Waals surface area contributed by atoms with Crippen LogP contribution in [0.15, 0.2) is 46.4 Å². The molecule has 23 heavy (non-hydrogen) atoms. The maximum absolute atomic E-state index is 11.1. The predicted molar refractivity (Wildman–Crippen MR) is 92.3 cm³/mol. The zero-order chi connectivity index (χ0) is 16.6. The lowest BCUT2D eigenvalue weighted by molar-refractivity contribution is -0.132. The van der Waals surface area contributed by atoms with Gasteiger partial charge in [0.2, 0.25) is 0 Å². The summed E-state index contributed by atoms with van der Waals surface area (Å²) in [5.41, 5.74) is 3.73. The van der Waals surface area contributed by atoms with Crippen LogP contribution in [0.4, 0.5) is 0 Å². The van der Waals surface area contributed by atoms with Crippen LogP contribution in [0, 0.1) is 0 Å². The van der Waals surface area contributed by atoms with E-state index in [0.29, 0.717) is 6.42 Å². The van der Waals surface area contributed by atoms with E-state index in [-0.39, 0.29) is 16.6 Å². The monoisotopic (exact) mass is 326 g/mol. The summed E-state index contributed by atoms with van der Waals surface area (Å²) in [6.07, 6.45) is 4.75. The number of hydrogen-bond acceptors (Lipinski definition) is 3. The van der Waals surface area contributed by atoms with E-state index in [1.165, 1.54) is 16.5 Å². The van der Waals surface area contributed by atoms with E-state index in [2.05, 4.69) is 32.0 Å². The average Bonchev–Trinajstić information content (AvgIpc) is 2.53. The van der Waals surface area contributed by atoms with Gasteiger partial charge < -0.3 is 5.11 Å². The molecule has 0 radical (unpaired) electrons. The highest BCUT2D eigenvalue weighted by Crippen LogP contribution is 2.43. The van der Waals surface area contributed by atoms with Gasteiger partial charge in [0.15, 0.2) is 0 Å². The summed E-state index contributed by atoms with van der Waals surface area (Å²) in [7, 11) is 0. The third-order valence-corrected chi connectivity index (χ3v) is 5.64. The lowest BCUT2D eigenvalue weighted by atomic mass is 9.80. The summed E-state index contributed by atoms with van der Waals surface area (Å²) in [5, 5.41) is 9.12. The van der Waals surface area contributed by atoms with Crippen LogP contribution in [0.25, 0.3) is 5.57 Å². The SMILES string of the molecule is CC1(C)CCSc2ccc(C3=CC=C(C(=O)O)C(=C=O)C3)cc21. The van der Waals surface area contributed by atoms with Crippen molar-refractivity contribution in [2.75, 3.05) is 5.75 Å². The average molecular weight is 326 g/mol. The van der Waals surface area contributed by atoms with Gasteiger partial charge in [0.1, 0.15) is 5.94 Å². The lowest BCUT2D eigenvalue weighted by Gasteiger charge is -2.32. The number of aliphatic carboxylic acids is 1. The minimum absolute atomic E-state index is 0.0394. The Bertz CT molecular complexity index is 793. The molecule has 0 aromatic heterocycles. The molecule has 0 saturated carbocycles. The van der Waals surface area contributed by atoms with Crippen LogP contribution in [0.5, 0.6) is 0 Å². The van der Waals surface area contributed by atoms with Crippen molar-refractivity contribution in [3.63, 3.8) is 0 Å². The number of carboxylic acid groups (broad SMARTS) is 1. The zero-order valence-corrected chi connectivity index (χ0v) is 14.0. The van der Waals surface area contributed by atoms with Crippen molar-refractivity contribution in [2.45, 2.75) is 37.0 Å². The number of allylic oxidation sites excluding steroid dienone is 3. The maximum Gasteiger partial charge on any atom is 0.336 e. The zero-order valence-electron chi connectivity index (χ0n) is 13.2. The van der Waals surface area contributed by atoms with Gasteiger partial charge in [0.05, 0.1) is 11.1 Å². The summed E-state index contributed by atoms with van der Waals surface area (Å²) in [6.45, 7) is 4.51. The topological polar surface area (TPSA) is 54.4 Å². The number of rotatable bonds is 2. The molecular weight excluding hydrogens is 308 g/mol. The number of carbonyl (C=O) groups excluding carboxylic acids is 1. The number of thioether (sulfide) groups is 1.